The molecule has 6 heteroatoms. The van der Waals surface area contributed by atoms with Gasteiger partial charge in [0.25, 0.3) is 0 Å². The highest BCUT2D eigenvalue weighted by molar-refractivity contribution is 7.12. The first-order valence-electron chi connectivity index (χ1n) is 7.50. The van der Waals surface area contributed by atoms with E-state index in [1.165, 1.54) is 18.3 Å². The van der Waals surface area contributed by atoms with E-state index in [1.54, 1.807) is 24.3 Å². The van der Waals surface area contributed by atoms with Crippen molar-refractivity contribution in [2.75, 3.05) is 6.61 Å². The highest BCUT2D eigenvalue weighted by Gasteiger charge is 2.15. The fourth-order valence-electron chi connectivity index (χ4n) is 2.21. The molecule has 0 unspecified atom stereocenters. The smallest absolute Gasteiger partial charge is 0.349 e. The van der Waals surface area contributed by atoms with Crippen molar-refractivity contribution < 1.29 is 19.1 Å². The van der Waals surface area contributed by atoms with Crippen molar-refractivity contribution in [3.63, 3.8) is 0 Å². The Balaban J connectivity index is 1.94. The lowest BCUT2D eigenvalue weighted by molar-refractivity contribution is -0.119. The summed E-state index contributed by atoms with van der Waals surface area (Å²) in [7, 11) is 0. The number of amides is 1. The van der Waals surface area contributed by atoms with Gasteiger partial charge in [0.15, 0.2) is 12.4 Å². The highest BCUT2D eigenvalue weighted by atomic mass is 32.1. The number of carbonyl (C=O) groups is 3. The Morgan fingerprint density at radius 2 is 1.83 bits per heavy atom. The number of rotatable bonds is 6. The summed E-state index contributed by atoms with van der Waals surface area (Å²) in [5, 5.41) is 4.58. The molecule has 1 N–H and O–H groups in total. The van der Waals surface area contributed by atoms with Crippen LogP contribution >= 0.6 is 11.3 Å². The molecule has 5 nitrogen and oxygen atoms in total. The zero-order valence-electron chi connectivity index (χ0n) is 13.8. The number of thiophene rings is 1. The molecule has 0 radical (unpaired) electrons. The summed E-state index contributed by atoms with van der Waals surface area (Å²) in [6.07, 6.45) is 0. The van der Waals surface area contributed by atoms with Gasteiger partial charge in [-0.2, -0.15) is 0 Å². The molecule has 0 saturated heterocycles. The predicted octanol–water partition coefficient (Wildman–Crippen LogP) is 3.29. The van der Waals surface area contributed by atoms with Crippen molar-refractivity contribution in [3.05, 3.63) is 57.3 Å². The summed E-state index contributed by atoms with van der Waals surface area (Å²) in [6.45, 7) is 4.85. The van der Waals surface area contributed by atoms with E-state index in [0.29, 0.717) is 10.4 Å². The van der Waals surface area contributed by atoms with Gasteiger partial charge in [0.1, 0.15) is 4.88 Å². The van der Waals surface area contributed by atoms with Crippen LogP contribution in [-0.2, 0) is 9.53 Å². The zero-order valence-corrected chi connectivity index (χ0v) is 14.6. The molecule has 1 aromatic carbocycles. The Bertz CT molecular complexity index is 749. The molecule has 0 aliphatic carbocycles. The van der Waals surface area contributed by atoms with Gasteiger partial charge >= 0.3 is 5.97 Å². The normalized spacial score (nSPS) is 11.6. The highest BCUT2D eigenvalue weighted by Crippen LogP contribution is 2.17. The largest absolute Gasteiger partial charge is 0.453 e. The van der Waals surface area contributed by atoms with E-state index >= 15 is 0 Å². The molecule has 24 heavy (non-hydrogen) atoms. The number of ether oxygens (including phenoxy) is 1. The Morgan fingerprint density at radius 3 is 2.38 bits per heavy atom. The summed E-state index contributed by atoms with van der Waals surface area (Å²) in [6, 6.07) is 8.59. The van der Waals surface area contributed by atoms with Crippen molar-refractivity contribution in [1.29, 1.82) is 0 Å². The number of ketones is 1. The topological polar surface area (TPSA) is 72.5 Å². The van der Waals surface area contributed by atoms with E-state index in [4.69, 9.17) is 4.74 Å². The Kier molecular flexibility index (Phi) is 5.87. The quantitative estimate of drug-likeness (QED) is 0.644. The molecular formula is C18H19NO4S. The average molecular weight is 345 g/mol. The minimum absolute atomic E-state index is 0.113. The third kappa shape index (κ3) is 4.52. The van der Waals surface area contributed by atoms with Crippen molar-refractivity contribution in [2.24, 2.45) is 0 Å². The molecule has 0 aliphatic heterocycles. The van der Waals surface area contributed by atoms with Gasteiger partial charge in [-0.15, -0.1) is 11.3 Å². The molecular weight excluding hydrogens is 326 g/mol. The third-order valence-electron chi connectivity index (χ3n) is 3.53. The lowest BCUT2D eigenvalue weighted by Gasteiger charge is -2.13. The lowest BCUT2D eigenvalue weighted by atomic mass is 10.0. The fraction of sp³-hybridized carbons (Fsp3) is 0.278. The summed E-state index contributed by atoms with van der Waals surface area (Å²) >= 11 is 1.29. The van der Waals surface area contributed by atoms with Gasteiger partial charge in [0, 0.05) is 12.5 Å². The molecule has 2 rings (SSSR count). The standard InChI is InChI=1S/C18H19NO4S/c1-11-8-9-24-17(11)18(22)23-10-16(21)15-6-4-14(5-7-15)12(2)19-13(3)20/h4-9,12H,10H2,1-3H3,(H,19,20)/t12-/m0/s1. The van der Waals surface area contributed by atoms with Crippen LogP contribution in [-0.4, -0.2) is 24.3 Å². The zero-order chi connectivity index (χ0) is 17.7. The first kappa shape index (κ1) is 17.9. The summed E-state index contributed by atoms with van der Waals surface area (Å²) in [5.74, 6) is -0.860. The first-order valence-corrected chi connectivity index (χ1v) is 8.38. The molecule has 0 saturated carbocycles. The van der Waals surface area contributed by atoms with Gasteiger partial charge in [-0.1, -0.05) is 24.3 Å². The Hall–Kier alpha value is -2.47. The molecule has 1 heterocycles. The first-order chi connectivity index (χ1) is 11.4. The molecule has 2 aromatic rings. The number of nitrogens with one attached hydrogen (secondary N) is 1. The van der Waals surface area contributed by atoms with Gasteiger partial charge in [-0.3, -0.25) is 9.59 Å². The monoisotopic (exact) mass is 345 g/mol. The second kappa shape index (κ2) is 7.88. The van der Waals surface area contributed by atoms with Crippen molar-refractivity contribution >= 4 is 29.0 Å². The Labute approximate surface area is 144 Å². The van der Waals surface area contributed by atoms with Crippen molar-refractivity contribution in [2.45, 2.75) is 26.8 Å². The predicted molar refractivity (Wildman–Crippen MR) is 92.3 cm³/mol. The summed E-state index contributed by atoms with van der Waals surface area (Å²) in [4.78, 5) is 35.6. The second-order valence-electron chi connectivity index (χ2n) is 5.48. The van der Waals surface area contributed by atoms with Crippen LogP contribution in [0.5, 0.6) is 0 Å². The van der Waals surface area contributed by atoms with Gasteiger partial charge < -0.3 is 10.1 Å². The fourth-order valence-corrected chi connectivity index (χ4v) is 3.03. The maximum atomic E-state index is 12.1. The minimum atomic E-state index is -0.480. The summed E-state index contributed by atoms with van der Waals surface area (Å²) in [5.41, 5.74) is 2.20. The lowest BCUT2D eigenvalue weighted by Crippen LogP contribution is -2.23. The van der Waals surface area contributed by atoms with Crippen molar-refractivity contribution in [3.8, 4) is 0 Å². The Morgan fingerprint density at radius 1 is 1.17 bits per heavy atom. The van der Waals surface area contributed by atoms with E-state index in [2.05, 4.69) is 5.32 Å². The number of aryl methyl sites for hydroxylation is 1. The summed E-state index contributed by atoms with van der Waals surface area (Å²) < 4.78 is 5.08. The second-order valence-corrected chi connectivity index (χ2v) is 6.39. The molecule has 1 aromatic heterocycles. The van der Waals surface area contributed by atoms with Crippen LogP contribution in [0.3, 0.4) is 0 Å². The van der Waals surface area contributed by atoms with Crippen LogP contribution < -0.4 is 5.32 Å². The van der Waals surface area contributed by atoms with Crippen LogP contribution in [0.2, 0.25) is 0 Å². The minimum Gasteiger partial charge on any atom is -0.453 e. The van der Waals surface area contributed by atoms with Gasteiger partial charge in [-0.25, -0.2) is 4.79 Å². The van der Waals surface area contributed by atoms with Crippen LogP contribution in [0.4, 0.5) is 0 Å². The molecule has 0 aliphatic rings. The molecule has 1 amide bonds. The van der Waals surface area contributed by atoms with Crippen molar-refractivity contribution in [1.82, 2.24) is 5.32 Å². The van der Waals surface area contributed by atoms with E-state index < -0.39 is 5.97 Å². The van der Waals surface area contributed by atoms with Crippen LogP contribution in [0.1, 0.15) is 51.0 Å². The van der Waals surface area contributed by atoms with Crippen LogP contribution in [0, 0.1) is 6.92 Å². The van der Waals surface area contributed by atoms with Crippen LogP contribution in [0.25, 0.3) is 0 Å². The SMILES string of the molecule is CC(=O)N[C@@H](C)c1ccc(C(=O)COC(=O)c2sccc2C)cc1. The van der Waals surface area contributed by atoms with Gasteiger partial charge in [0.2, 0.25) is 5.91 Å². The molecule has 126 valence electrons. The maximum Gasteiger partial charge on any atom is 0.349 e. The molecule has 0 bridgehead atoms. The van der Waals surface area contributed by atoms with Crippen LogP contribution in [0.15, 0.2) is 35.7 Å². The number of carbonyl (C=O) groups excluding carboxylic acids is 3. The van der Waals surface area contributed by atoms with E-state index in [9.17, 15) is 14.4 Å². The van der Waals surface area contributed by atoms with E-state index in [-0.39, 0.29) is 24.3 Å². The number of Topliss-reactive ketones (excluding diaryl/α,β-unsaturated/α-hetero) is 1. The van der Waals surface area contributed by atoms with E-state index in [0.717, 1.165) is 11.1 Å². The average Bonchev–Trinajstić information content (AvgIpc) is 2.98. The number of benzene rings is 1. The molecule has 0 fully saturated rings. The molecule has 0 spiro atoms. The number of hydrogen-bond acceptors (Lipinski definition) is 5. The van der Waals surface area contributed by atoms with E-state index in [1.807, 2.05) is 25.3 Å². The van der Waals surface area contributed by atoms with Gasteiger partial charge in [0.05, 0.1) is 6.04 Å². The third-order valence-corrected chi connectivity index (χ3v) is 4.53. The number of hydrogen-bond donors (Lipinski definition) is 1. The maximum absolute atomic E-state index is 12.1. The van der Waals surface area contributed by atoms with Gasteiger partial charge in [-0.05, 0) is 36.4 Å². The molecule has 1 atom stereocenters. The number of esters is 1.